The standard InChI is InChI=1S/C37H33NO/c1-27-22-23-31-18-10-11-19-32(31)36(27)37(25-29-14-6-4-7-15-29,26-30-16-8-5-9-17-30)28(2)24-35-38(3)33-20-12-13-21-34(33)39-35/h4-24H,2,25-26H2,1,3H3/b35-24-. The van der Waals surface area contributed by atoms with E-state index in [4.69, 9.17) is 11.3 Å². The third-order valence-electron chi connectivity index (χ3n) is 8.00. The molecule has 0 spiro atoms. The predicted molar refractivity (Wildman–Crippen MR) is 163 cm³/mol. The molecule has 1 aliphatic heterocycles. The molecule has 0 amide bonds. The summed E-state index contributed by atoms with van der Waals surface area (Å²) >= 11 is 0. The highest BCUT2D eigenvalue weighted by Crippen LogP contribution is 2.46. The summed E-state index contributed by atoms with van der Waals surface area (Å²) in [5.41, 5.74) is 6.84. The summed E-state index contributed by atoms with van der Waals surface area (Å²) in [6, 6.07) is 43.0. The number of allylic oxidation sites excluding steroid dienone is 2. The van der Waals surface area contributed by atoms with E-state index in [0.29, 0.717) is 0 Å². The molecule has 192 valence electrons. The van der Waals surface area contributed by atoms with Crippen LogP contribution in [0.4, 0.5) is 5.69 Å². The van der Waals surface area contributed by atoms with E-state index in [1.807, 2.05) is 18.2 Å². The van der Waals surface area contributed by atoms with Crippen molar-refractivity contribution in [1.29, 1.82) is 0 Å². The van der Waals surface area contributed by atoms with Crippen LogP contribution in [0.25, 0.3) is 10.8 Å². The second kappa shape index (κ2) is 10.3. The molecule has 39 heavy (non-hydrogen) atoms. The number of aryl methyl sites for hydroxylation is 1. The number of hydrogen-bond acceptors (Lipinski definition) is 2. The van der Waals surface area contributed by atoms with Gasteiger partial charge < -0.3 is 9.64 Å². The van der Waals surface area contributed by atoms with Crippen molar-refractivity contribution < 1.29 is 4.74 Å². The van der Waals surface area contributed by atoms with Gasteiger partial charge in [0.15, 0.2) is 5.75 Å². The van der Waals surface area contributed by atoms with Gasteiger partial charge in [-0.15, -0.1) is 0 Å². The first-order valence-electron chi connectivity index (χ1n) is 13.5. The molecule has 2 heteroatoms. The minimum absolute atomic E-state index is 0.417. The smallest absolute Gasteiger partial charge is 0.200 e. The van der Waals surface area contributed by atoms with Crippen molar-refractivity contribution in [2.24, 2.45) is 0 Å². The molecule has 1 heterocycles. The largest absolute Gasteiger partial charge is 0.439 e. The Morgan fingerprint density at radius 1 is 0.744 bits per heavy atom. The molecule has 0 unspecified atom stereocenters. The van der Waals surface area contributed by atoms with Crippen LogP contribution in [0.3, 0.4) is 0 Å². The van der Waals surface area contributed by atoms with Crippen LogP contribution in [-0.4, -0.2) is 7.05 Å². The second-order valence-electron chi connectivity index (χ2n) is 10.5. The molecule has 0 fully saturated rings. The molecule has 2 nitrogen and oxygen atoms in total. The monoisotopic (exact) mass is 507 g/mol. The number of hydrogen-bond donors (Lipinski definition) is 0. The second-order valence-corrected chi connectivity index (χ2v) is 10.5. The number of fused-ring (bicyclic) bond motifs is 2. The summed E-state index contributed by atoms with van der Waals surface area (Å²) in [4.78, 5) is 2.12. The van der Waals surface area contributed by atoms with Gasteiger partial charge >= 0.3 is 0 Å². The van der Waals surface area contributed by atoms with Crippen molar-refractivity contribution >= 4 is 16.5 Å². The molecule has 0 N–H and O–H groups in total. The van der Waals surface area contributed by atoms with Crippen LogP contribution in [0, 0.1) is 6.92 Å². The van der Waals surface area contributed by atoms with E-state index < -0.39 is 5.41 Å². The minimum atomic E-state index is -0.417. The SMILES string of the molecule is C=C(/C=C1\Oc2ccccc2N1C)C(Cc1ccccc1)(Cc1ccccc1)c1c(C)ccc2ccccc12. The number of para-hydroxylation sites is 2. The summed E-state index contributed by atoms with van der Waals surface area (Å²) < 4.78 is 6.37. The number of anilines is 1. The number of ether oxygens (including phenoxy) is 1. The average Bonchev–Trinajstić information content (AvgIpc) is 3.28. The molecule has 0 atom stereocenters. The van der Waals surface area contributed by atoms with E-state index >= 15 is 0 Å². The molecule has 0 saturated carbocycles. The van der Waals surface area contributed by atoms with Crippen LogP contribution in [0.2, 0.25) is 0 Å². The van der Waals surface area contributed by atoms with Gasteiger partial charge in [0.1, 0.15) is 0 Å². The highest BCUT2D eigenvalue weighted by molar-refractivity contribution is 5.88. The first-order valence-corrected chi connectivity index (χ1v) is 13.5. The number of rotatable bonds is 7. The molecule has 0 radical (unpaired) electrons. The zero-order valence-electron chi connectivity index (χ0n) is 22.6. The highest BCUT2D eigenvalue weighted by Gasteiger charge is 2.38. The quantitative estimate of drug-likeness (QED) is 0.218. The molecule has 0 bridgehead atoms. The van der Waals surface area contributed by atoms with Crippen molar-refractivity contribution in [2.75, 3.05) is 11.9 Å². The van der Waals surface area contributed by atoms with Crippen molar-refractivity contribution in [1.82, 2.24) is 0 Å². The lowest BCUT2D eigenvalue weighted by molar-refractivity contribution is 0.437. The van der Waals surface area contributed by atoms with E-state index in [1.165, 1.54) is 33.0 Å². The Kier molecular flexibility index (Phi) is 6.54. The maximum Gasteiger partial charge on any atom is 0.200 e. The minimum Gasteiger partial charge on any atom is -0.439 e. The van der Waals surface area contributed by atoms with Crippen LogP contribution in [0.15, 0.2) is 145 Å². The number of nitrogens with zero attached hydrogens (tertiary/aromatic N) is 1. The molecular weight excluding hydrogens is 474 g/mol. The summed E-state index contributed by atoms with van der Waals surface area (Å²) in [5, 5.41) is 2.51. The van der Waals surface area contributed by atoms with Gasteiger partial charge in [-0.05, 0) is 70.5 Å². The van der Waals surface area contributed by atoms with Crippen molar-refractivity contribution in [3.63, 3.8) is 0 Å². The Bertz CT molecular complexity index is 1630. The van der Waals surface area contributed by atoms with Gasteiger partial charge in [0, 0.05) is 18.5 Å². The molecule has 0 saturated heterocycles. The maximum atomic E-state index is 6.37. The van der Waals surface area contributed by atoms with Gasteiger partial charge in [-0.3, -0.25) is 0 Å². The third kappa shape index (κ3) is 4.64. The van der Waals surface area contributed by atoms with E-state index in [0.717, 1.165) is 35.7 Å². The van der Waals surface area contributed by atoms with E-state index in [1.54, 1.807) is 0 Å². The van der Waals surface area contributed by atoms with Gasteiger partial charge in [0.05, 0.1) is 5.69 Å². The first kappa shape index (κ1) is 24.8. The topological polar surface area (TPSA) is 12.5 Å². The summed E-state index contributed by atoms with van der Waals surface area (Å²) in [6.07, 6.45) is 3.79. The van der Waals surface area contributed by atoms with Gasteiger partial charge in [0.2, 0.25) is 5.88 Å². The molecule has 6 rings (SSSR count). The van der Waals surface area contributed by atoms with Crippen molar-refractivity contribution in [3.8, 4) is 5.75 Å². The summed E-state index contributed by atoms with van der Waals surface area (Å²) in [6.45, 7) is 7.06. The Morgan fingerprint density at radius 2 is 1.33 bits per heavy atom. The lowest BCUT2D eigenvalue weighted by Crippen LogP contribution is -2.35. The average molecular weight is 508 g/mol. The fraction of sp³-hybridized carbons (Fsp3) is 0.135. The fourth-order valence-electron chi connectivity index (χ4n) is 6.07. The van der Waals surface area contributed by atoms with Crippen LogP contribution in [-0.2, 0) is 18.3 Å². The molecule has 0 aromatic heterocycles. The predicted octanol–water partition coefficient (Wildman–Crippen LogP) is 8.80. The maximum absolute atomic E-state index is 6.37. The fourth-order valence-corrected chi connectivity index (χ4v) is 6.07. The first-order chi connectivity index (χ1) is 19.0. The van der Waals surface area contributed by atoms with Crippen LogP contribution < -0.4 is 9.64 Å². The van der Waals surface area contributed by atoms with E-state index in [2.05, 4.69) is 128 Å². The van der Waals surface area contributed by atoms with E-state index in [9.17, 15) is 0 Å². The third-order valence-corrected chi connectivity index (χ3v) is 8.00. The molecular formula is C37H33NO. The highest BCUT2D eigenvalue weighted by atomic mass is 16.5. The van der Waals surface area contributed by atoms with Crippen molar-refractivity contribution in [2.45, 2.75) is 25.2 Å². The zero-order valence-corrected chi connectivity index (χ0v) is 22.6. The van der Waals surface area contributed by atoms with Gasteiger partial charge in [-0.25, -0.2) is 0 Å². The Balaban J connectivity index is 1.59. The van der Waals surface area contributed by atoms with E-state index in [-0.39, 0.29) is 0 Å². The zero-order chi connectivity index (χ0) is 26.8. The summed E-state index contributed by atoms with van der Waals surface area (Å²) in [5.74, 6) is 1.67. The van der Waals surface area contributed by atoms with Crippen molar-refractivity contribution in [3.05, 3.63) is 168 Å². The van der Waals surface area contributed by atoms with Gasteiger partial charge in [-0.1, -0.05) is 116 Å². The Morgan fingerprint density at radius 3 is 2.00 bits per heavy atom. The Labute approximate surface area is 231 Å². The normalized spacial score (nSPS) is 13.9. The number of benzene rings is 5. The van der Waals surface area contributed by atoms with Gasteiger partial charge in [-0.2, -0.15) is 0 Å². The molecule has 1 aliphatic rings. The van der Waals surface area contributed by atoms with Crippen LogP contribution >= 0.6 is 0 Å². The molecule has 5 aromatic rings. The summed E-state index contributed by atoms with van der Waals surface area (Å²) in [7, 11) is 2.06. The Hall–Kier alpha value is -4.56. The van der Waals surface area contributed by atoms with Crippen LogP contribution in [0.5, 0.6) is 5.75 Å². The van der Waals surface area contributed by atoms with Gasteiger partial charge in [0.25, 0.3) is 0 Å². The lowest BCUT2D eigenvalue weighted by Gasteiger charge is -2.38. The lowest BCUT2D eigenvalue weighted by atomic mass is 9.64. The van der Waals surface area contributed by atoms with Crippen LogP contribution in [0.1, 0.15) is 22.3 Å². The molecule has 5 aromatic carbocycles. The molecule has 0 aliphatic carbocycles.